The van der Waals surface area contributed by atoms with Crippen LogP contribution in [0.2, 0.25) is 0 Å². The second kappa shape index (κ2) is 2.48. The van der Waals surface area contributed by atoms with Crippen molar-refractivity contribution in [1.29, 1.82) is 0 Å². The van der Waals surface area contributed by atoms with Gasteiger partial charge >= 0.3 is 0 Å². The molecule has 1 fully saturated rings. The molecule has 1 heterocycles. The molecule has 0 aromatic heterocycles. The standard InChI is InChI=1S/C10H20O/c1-9(2,3)8-6-7-10(4,5)11-8/h8H,6-7H2,1-5H3. The summed E-state index contributed by atoms with van der Waals surface area (Å²) in [7, 11) is 0. The van der Waals surface area contributed by atoms with Crippen LogP contribution < -0.4 is 0 Å². The molecule has 1 rings (SSSR count). The summed E-state index contributed by atoms with van der Waals surface area (Å²) in [6, 6.07) is 0. The van der Waals surface area contributed by atoms with Gasteiger partial charge < -0.3 is 4.74 Å². The average Bonchev–Trinajstić information content (AvgIpc) is 2.07. The molecule has 0 spiro atoms. The zero-order valence-corrected chi connectivity index (χ0v) is 8.40. The molecule has 0 aliphatic carbocycles. The first-order valence-corrected chi connectivity index (χ1v) is 4.49. The lowest BCUT2D eigenvalue weighted by molar-refractivity contribution is -0.0604. The number of hydrogen-bond acceptors (Lipinski definition) is 1. The fourth-order valence-electron chi connectivity index (χ4n) is 1.59. The predicted molar refractivity (Wildman–Crippen MR) is 47.6 cm³/mol. The monoisotopic (exact) mass is 156 g/mol. The maximum atomic E-state index is 5.91. The van der Waals surface area contributed by atoms with Crippen molar-refractivity contribution in [2.24, 2.45) is 5.41 Å². The molecule has 1 aliphatic heterocycles. The van der Waals surface area contributed by atoms with E-state index >= 15 is 0 Å². The number of rotatable bonds is 0. The van der Waals surface area contributed by atoms with Crippen molar-refractivity contribution in [2.75, 3.05) is 0 Å². The third-order valence-electron chi connectivity index (χ3n) is 2.44. The molecular weight excluding hydrogens is 136 g/mol. The Hall–Kier alpha value is -0.0400. The van der Waals surface area contributed by atoms with Gasteiger partial charge in [0, 0.05) is 0 Å². The summed E-state index contributed by atoms with van der Waals surface area (Å²) in [4.78, 5) is 0. The molecular formula is C10H20O. The van der Waals surface area contributed by atoms with Gasteiger partial charge in [0.15, 0.2) is 0 Å². The van der Waals surface area contributed by atoms with Crippen LogP contribution in [-0.4, -0.2) is 11.7 Å². The minimum Gasteiger partial charge on any atom is -0.372 e. The van der Waals surface area contributed by atoms with Gasteiger partial charge in [-0.15, -0.1) is 0 Å². The third-order valence-corrected chi connectivity index (χ3v) is 2.44. The molecule has 1 atom stereocenters. The Labute approximate surface area is 70.1 Å². The molecule has 1 heteroatoms. The molecule has 1 nitrogen and oxygen atoms in total. The Morgan fingerprint density at radius 1 is 1.27 bits per heavy atom. The molecule has 0 N–H and O–H groups in total. The Kier molecular flexibility index (Phi) is 2.04. The zero-order chi connectivity index (χ0) is 8.70. The number of ether oxygens (including phenoxy) is 1. The van der Waals surface area contributed by atoms with Gasteiger partial charge in [0.2, 0.25) is 0 Å². The van der Waals surface area contributed by atoms with Crippen LogP contribution in [0, 0.1) is 5.41 Å². The maximum absolute atomic E-state index is 5.91. The fraction of sp³-hybridized carbons (Fsp3) is 1.00. The Bertz CT molecular complexity index is 141. The summed E-state index contributed by atoms with van der Waals surface area (Å²) in [5.41, 5.74) is 0.436. The van der Waals surface area contributed by atoms with Gasteiger partial charge in [-0.05, 0) is 32.1 Å². The van der Waals surface area contributed by atoms with Crippen LogP contribution >= 0.6 is 0 Å². The molecule has 1 aliphatic rings. The average molecular weight is 156 g/mol. The van der Waals surface area contributed by atoms with E-state index in [1.54, 1.807) is 0 Å². The third kappa shape index (κ3) is 2.19. The van der Waals surface area contributed by atoms with Gasteiger partial charge in [0.05, 0.1) is 11.7 Å². The van der Waals surface area contributed by atoms with Crippen LogP contribution in [0.5, 0.6) is 0 Å². The fourth-order valence-corrected chi connectivity index (χ4v) is 1.59. The van der Waals surface area contributed by atoms with E-state index in [9.17, 15) is 0 Å². The highest BCUT2D eigenvalue weighted by atomic mass is 16.5. The molecule has 1 saturated heterocycles. The van der Waals surface area contributed by atoms with Crippen LogP contribution in [0.4, 0.5) is 0 Å². The summed E-state index contributed by atoms with van der Waals surface area (Å²) >= 11 is 0. The van der Waals surface area contributed by atoms with Crippen molar-refractivity contribution in [3.05, 3.63) is 0 Å². The lowest BCUT2D eigenvalue weighted by Crippen LogP contribution is -2.29. The highest BCUT2D eigenvalue weighted by Gasteiger charge is 2.37. The van der Waals surface area contributed by atoms with Crippen molar-refractivity contribution >= 4 is 0 Å². The molecule has 66 valence electrons. The SMILES string of the molecule is CC1(C)CCC(C(C)(C)C)O1. The van der Waals surface area contributed by atoms with Crippen LogP contribution in [0.15, 0.2) is 0 Å². The van der Waals surface area contributed by atoms with Crippen LogP contribution in [0.3, 0.4) is 0 Å². The smallest absolute Gasteiger partial charge is 0.0631 e. The molecule has 11 heavy (non-hydrogen) atoms. The first kappa shape index (κ1) is 9.05. The van der Waals surface area contributed by atoms with Gasteiger partial charge in [-0.2, -0.15) is 0 Å². The maximum Gasteiger partial charge on any atom is 0.0631 e. The quantitative estimate of drug-likeness (QED) is 0.524. The van der Waals surface area contributed by atoms with Crippen molar-refractivity contribution in [3.63, 3.8) is 0 Å². The van der Waals surface area contributed by atoms with E-state index < -0.39 is 0 Å². The van der Waals surface area contributed by atoms with Crippen molar-refractivity contribution < 1.29 is 4.74 Å². The van der Waals surface area contributed by atoms with Crippen molar-refractivity contribution in [3.8, 4) is 0 Å². The summed E-state index contributed by atoms with van der Waals surface area (Å²) in [6.07, 6.45) is 2.88. The predicted octanol–water partition coefficient (Wildman–Crippen LogP) is 2.99. The van der Waals surface area contributed by atoms with Gasteiger partial charge in [-0.25, -0.2) is 0 Å². The highest BCUT2D eigenvalue weighted by Crippen LogP contribution is 2.38. The molecule has 0 bridgehead atoms. The van der Waals surface area contributed by atoms with E-state index in [1.807, 2.05) is 0 Å². The van der Waals surface area contributed by atoms with Crippen molar-refractivity contribution in [2.45, 2.75) is 59.2 Å². The summed E-state index contributed by atoms with van der Waals surface area (Å²) in [5.74, 6) is 0. The van der Waals surface area contributed by atoms with E-state index in [0.717, 1.165) is 0 Å². The van der Waals surface area contributed by atoms with Crippen molar-refractivity contribution in [1.82, 2.24) is 0 Å². The largest absolute Gasteiger partial charge is 0.372 e. The molecule has 0 aromatic rings. The van der Waals surface area contributed by atoms with Gasteiger partial charge in [0.1, 0.15) is 0 Å². The lowest BCUT2D eigenvalue weighted by Gasteiger charge is -2.29. The first-order chi connectivity index (χ1) is 4.81. The Morgan fingerprint density at radius 3 is 2.00 bits per heavy atom. The molecule has 0 amide bonds. The normalized spacial score (nSPS) is 30.8. The second-order valence-corrected chi connectivity index (χ2v) is 5.27. The summed E-state index contributed by atoms with van der Waals surface area (Å²) in [6.45, 7) is 11.1. The molecule has 1 unspecified atom stereocenters. The van der Waals surface area contributed by atoms with Crippen LogP contribution in [-0.2, 0) is 4.74 Å². The summed E-state index contributed by atoms with van der Waals surface area (Å²) < 4.78 is 5.91. The Morgan fingerprint density at radius 2 is 1.82 bits per heavy atom. The number of hydrogen-bond donors (Lipinski definition) is 0. The molecule has 0 radical (unpaired) electrons. The minimum absolute atomic E-state index is 0.123. The molecule has 0 aromatic carbocycles. The second-order valence-electron chi connectivity index (χ2n) is 5.27. The zero-order valence-electron chi connectivity index (χ0n) is 8.40. The summed E-state index contributed by atoms with van der Waals surface area (Å²) in [5, 5.41) is 0. The first-order valence-electron chi connectivity index (χ1n) is 4.49. The highest BCUT2D eigenvalue weighted by molar-refractivity contribution is 4.86. The topological polar surface area (TPSA) is 9.23 Å². The van der Waals surface area contributed by atoms with E-state index in [1.165, 1.54) is 12.8 Å². The van der Waals surface area contributed by atoms with Gasteiger partial charge in [0.25, 0.3) is 0 Å². The van der Waals surface area contributed by atoms with Gasteiger partial charge in [-0.3, -0.25) is 0 Å². The van der Waals surface area contributed by atoms with E-state index in [0.29, 0.717) is 11.5 Å². The molecule has 0 saturated carbocycles. The van der Waals surface area contributed by atoms with Crippen LogP contribution in [0.25, 0.3) is 0 Å². The minimum atomic E-state index is 0.123. The Balaban J connectivity index is 2.55. The van der Waals surface area contributed by atoms with E-state index in [-0.39, 0.29) is 5.60 Å². The van der Waals surface area contributed by atoms with E-state index in [2.05, 4.69) is 34.6 Å². The lowest BCUT2D eigenvalue weighted by atomic mass is 9.87. The van der Waals surface area contributed by atoms with Gasteiger partial charge in [-0.1, -0.05) is 20.8 Å². The van der Waals surface area contributed by atoms with E-state index in [4.69, 9.17) is 4.74 Å². The van der Waals surface area contributed by atoms with Crippen LogP contribution in [0.1, 0.15) is 47.5 Å².